The standard InChI is InChI=1S/C17H23NOS/c1-2-3-4-5-6-9-14-20-18-13-12-17(19)15-10-7-8-11-16(15)18/h7-8,10-13H,2-6,9,14H2,1H3. The topological polar surface area (TPSA) is 22.0 Å². The number of hydrogen-bond donors (Lipinski definition) is 0. The minimum Gasteiger partial charge on any atom is -0.291 e. The number of rotatable bonds is 8. The quantitative estimate of drug-likeness (QED) is 0.647. The summed E-state index contributed by atoms with van der Waals surface area (Å²) in [6.45, 7) is 2.25. The zero-order valence-electron chi connectivity index (χ0n) is 12.2. The number of fused-ring (bicyclic) bond motifs is 1. The highest BCUT2D eigenvalue weighted by Crippen LogP contribution is 2.17. The molecule has 0 spiro atoms. The van der Waals surface area contributed by atoms with Gasteiger partial charge < -0.3 is 0 Å². The van der Waals surface area contributed by atoms with E-state index >= 15 is 0 Å². The summed E-state index contributed by atoms with van der Waals surface area (Å²) in [5.74, 6) is 1.11. The summed E-state index contributed by atoms with van der Waals surface area (Å²) in [7, 11) is 0. The van der Waals surface area contributed by atoms with Crippen LogP contribution in [0.25, 0.3) is 10.9 Å². The Morgan fingerprint density at radius 1 is 1.00 bits per heavy atom. The van der Waals surface area contributed by atoms with Crippen LogP contribution in [0.5, 0.6) is 0 Å². The molecule has 0 unspecified atom stereocenters. The van der Waals surface area contributed by atoms with Crippen LogP contribution in [0.2, 0.25) is 0 Å². The van der Waals surface area contributed by atoms with Gasteiger partial charge in [0.1, 0.15) is 0 Å². The molecule has 1 heterocycles. The van der Waals surface area contributed by atoms with E-state index in [0.29, 0.717) is 0 Å². The summed E-state index contributed by atoms with van der Waals surface area (Å²) in [5.41, 5.74) is 1.13. The van der Waals surface area contributed by atoms with Crippen LogP contribution in [0, 0.1) is 0 Å². The van der Waals surface area contributed by atoms with Gasteiger partial charge in [-0.2, -0.15) is 0 Å². The lowest BCUT2D eigenvalue weighted by Gasteiger charge is -2.09. The zero-order chi connectivity index (χ0) is 14.2. The molecule has 1 aromatic carbocycles. The Kier molecular flexibility index (Phi) is 6.19. The van der Waals surface area contributed by atoms with E-state index in [4.69, 9.17) is 0 Å². The van der Waals surface area contributed by atoms with Crippen molar-refractivity contribution in [1.29, 1.82) is 0 Å². The number of pyridine rings is 1. The maximum atomic E-state index is 11.8. The van der Waals surface area contributed by atoms with Gasteiger partial charge in [0.25, 0.3) is 0 Å². The van der Waals surface area contributed by atoms with Crippen molar-refractivity contribution in [3.8, 4) is 0 Å². The van der Waals surface area contributed by atoms with Gasteiger partial charge in [0.15, 0.2) is 5.43 Å². The minimum atomic E-state index is 0.108. The van der Waals surface area contributed by atoms with Crippen molar-refractivity contribution in [2.45, 2.75) is 45.4 Å². The van der Waals surface area contributed by atoms with Crippen LogP contribution in [0.1, 0.15) is 45.4 Å². The van der Waals surface area contributed by atoms with E-state index in [-0.39, 0.29) is 5.43 Å². The molecule has 3 heteroatoms. The van der Waals surface area contributed by atoms with Crippen LogP contribution >= 0.6 is 11.9 Å². The monoisotopic (exact) mass is 289 g/mol. The molecule has 0 aliphatic heterocycles. The predicted octanol–water partition coefficient (Wildman–Crippen LogP) is 4.86. The number of para-hydroxylation sites is 1. The van der Waals surface area contributed by atoms with Gasteiger partial charge in [-0.25, -0.2) is 0 Å². The first-order chi connectivity index (χ1) is 9.83. The smallest absolute Gasteiger partial charge is 0.189 e. The fraction of sp³-hybridized carbons (Fsp3) is 0.471. The van der Waals surface area contributed by atoms with Gasteiger partial charge in [-0.3, -0.25) is 8.77 Å². The highest BCUT2D eigenvalue weighted by atomic mass is 32.2. The Morgan fingerprint density at radius 2 is 1.75 bits per heavy atom. The molecule has 2 nitrogen and oxygen atoms in total. The van der Waals surface area contributed by atoms with E-state index in [1.165, 1.54) is 38.5 Å². The summed E-state index contributed by atoms with van der Waals surface area (Å²) in [6.07, 6.45) is 9.82. The summed E-state index contributed by atoms with van der Waals surface area (Å²) >= 11 is 1.80. The minimum absolute atomic E-state index is 0.108. The molecule has 2 aromatic rings. The molecule has 20 heavy (non-hydrogen) atoms. The molecule has 0 amide bonds. The third kappa shape index (κ3) is 4.14. The van der Waals surface area contributed by atoms with E-state index in [2.05, 4.69) is 10.9 Å². The van der Waals surface area contributed by atoms with Crippen molar-refractivity contribution in [2.24, 2.45) is 0 Å². The zero-order valence-corrected chi connectivity index (χ0v) is 13.0. The van der Waals surface area contributed by atoms with Crippen molar-refractivity contribution in [3.63, 3.8) is 0 Å². The molecule has 0 saturated heterocycles. The maximum Gasteiger partial charge on any atom is 0.189 e. The van der Waals surface area contributed by atoms with E-state index in [1.807, 2.05) is 30.5 Å². The van der Waals surface area contributed by atoms with Crippen LogP contribution in [-0.2, 0) is 0 Å². The number of aromatic nitrogens is 1. The van der Waals surface area contributed by atoms with Crippen LogP contribution in [0.4, 0.5) is 0 Å². The number of benzene rings is 1. The molecular weight excluding hydrogens is 266 g/mol. The number of nitrogens with zero attached hydrogens (tertiary/aromatic N) is 1. The lowest BCUT2D eigenvalue weighted by molar-refractivity contribution is 0.627. The first-order valence-corrected chi connectivity index (χ1v) is 8.51. The second kappa shape index (κ2) is 8.15. The van der Waals surface area contributed by atoms with E-state index in [9.17, 15) is 4.79 Å². The summed E-state index contributed by atoms with van der Waals surface area (Å²) in [5, 5.41) is 0.811. The number of unbranched alkanes of at least 4 members (excludes halogenated alkanes) is 5. The van der Waals surface area contributed by atoms with Gasteiger partial charge in [-0.05, 0) is 30.5 Å². The molecule has 1 aromatic heterocycles. The molecule has 108 valence electrons. The first-order valence-electron chi connectivity index (χ1n) is 7.56. The second-order valence-corrected chi connectivity index (χ2v) is 6.18. The highest BCUT2D eigenvalue weighted by molar-refractivity contribution is 7.97. The van der Waals surface area contributed by atoms with Gasteiger partial charge in [0.05, 0.1) is 5.52 Å². The first kappa shape index (κ1) is 15.2. The molecule has 0 saturated carbocycles. The number of hydrogen-bond acceptors (Lipinski definition) is 2. The van der Waals surface area contributed by atoms with E-state index in [1.54, 1.807) is 18.0 Å². The van der Waals surface area contributed by atoms with Crippen LogP contribution in [-0.4, -0.2) is 9.73 Å². The lowest BCUT2D eigenvalue weighted by Crippen LogP contribution is -2.04. The van der Waals surface area contributed by atoms with Crippen molar-refractivity contribution < 1.29 is 0 Å². The van der Waals surface area contributed by atoms with Gasteiger partial charge in [0.2, 0.25) is 0 Å². The van der Waals surface area contributed by atoms with Gasteiger partial charge >= 0.3 is 0 Å². The van der Waals surface area contributed by atoms with Crippen molar-refractivity contribution in [2.75, 3.05) is 5.75 Å². The fourth-order valence-corrected chi connectivity index (χ4v) is 3.31. The van der Waals surface area contributed by atoms with Gasteiger partial charge in [-0.15, -0.1) is 0 Å². The van der Waals surface area contributed by atoms with Crippen molar-refractivity contribution in [3.05, 3.63) is 46.8 Å². The van der Waals surface area contributed by atoms with Crippen molar-refractivity contribution in [1.82, 2.24) is 3.97 Å². The van der Waals surface area contributed by atoms with Crippen LogP contribution in [0.15, 0.2) is 41.3 Å². The van der Waals surface area contributed by atoms with Crippen molar-refractivity contribution >= 4 is 22.9 Å². The molecule has 0 aliphatic carbocycles. The lowest BCUT2D eigenvalue weighted by atomic mass is 10.1. The largest absolute Gasteiger partial charge is 0.291 e. The molecule has 0 N–H and O–H groups in total. The molecular formula is C17H23NOS. The highest BCUT2D eigenvalue weighted by Gasteiger charge is 2.02. The molecule has 0 atom stereocenters. The molecule has 0 radical (unpaired) electrons. The predicted molar refractivity (Wildman–Crippen MR) is 89.4 cm³/mol. The summed E-state index contributed by atoms with van der Waals surface area (Å²) < 4.78 is 2.13. The van der Waals surface area contributed by atoms with Crippen LogP contribution in [0.3, 0.4) is 0 Å². The molecule has 0 fully saturated rings. The average molecular weight is 289 g/mol. The van der Waals surface area contributed by atoms with Gasteiger partial charge in [-0.1, -0.05) is 51.2 Å². The average Bonchev–Trinajstić information content (AvgIpc) is 2.49. The summed E-state index contributed by atoms with van der Waals surface area (Å²) in [6, 6.07) is 9.50. The maximum absolute atomic E-state index is 11.8. The third-order valence-corrected chi connectivity index (χ3v) is 4.56. The Bertz CT molecular complexity index is 591. The Hall–Kier alpha value is -1.22. The van der Waals surface area contributed by atoms with E-state index < -0.39 is 0 Å². The Morgan fingerprint density at radius 3 is 2.60 bits per heavy atom. The second-order valence-electron chi connectivity index (χ2n) is 5.12. The molecule has 2 rings (SSSR count). The third-order valence-electron chi connectivity index (χ3n) is 3.50. The Balaban J connectivity index is 1.88. The van der Waals surface area contributed by atoms with E-state index in [0.717, 1.165) is 16.7 Å². The van der Waals surface area contributed by atoms with Crippen LogP contribution < -0.4 is 5.43 Å². The van der Waals surface area contributed by atoms with Gasteiger partial charge in [0, 0.05) is 23.4 Å². The normalized spacial score (nSPS) is 11.1. The SMILES string of the molecule is CCCCCCCCSn1ccc(=O)c2ccccc21. The Labute approximate surface area is 125 Å². The molecule has 0 bridgehead atoms. The fourth-order valence-electron chi connectivity index (χ4n) is 2.34. The molecule has 0 aliphatic rings. The summed E-state index contributed by atoms with van der Waals surface area (Å²) in [4.78, 5) is 11.8.